The van der Waals surface area contributed by atoms with Gasteiger partial charge in [0, 0.05) is 18.0 Å². The Hall–Kier alpha value is -2.20. The lowest BCUT2D eigenvalue weighted by Crippen LogP contribution is -2.49. The first-order valence-corrected chi connectivity index (χ1v) is 8.66. The molecule has 0 fully saturated rings. The Morgan fingerprint density at radius 1 is 1.30 bits per heavy atom. The molecule has 0 saturated heterocycles. The molecule has 0 aliphatic rings. The summed E-state index contributed by atoms with van der Waals surface area (Å²) in [6.45, 7) is 4.10. The molecule has 0 heterocycles. The second kappa shape index (κ2) is 9.74. The van der Waals surface area contributed by atoms with Gasteiger partial charge in [0.25, 0.3) is 0 Å². The van der Waals surface area contributed by atoms with E-state index in [1.54, 1.807) is 0 Å². The van der Waals surface area contributed by atoms with Gasteiger partial charge in [-0.15, -0.1) is 0 Å². The normalized spacial score (nSPS) is 11.2. The number of hydrogen-bond donors (Lipinski definition) is 3. The van der Waals surface area contributed by atoms with Crippen molar-refractivity contribution in [2.45, 2.75) is 26.3 Å². The number of benzene rings is 1. The van der Waals surface area contributed by atoms with Crippen LogP contribution in [0.4, 0.5) is 10.5 Å². The first kappa shape index (κ1) is 18.8. The molecule has 3 amide bonds. The fraction of sp³-hybridized carbons (Fsp3) is 0.438. The maximum Gasteiger partial charge on any atom is 0.319 e. The summed E-state index contributed by atoms with van der Waals surface area (Å²) >= 11 is 1.46. The zero-order valence-electron chi connectivity index (χ0n) is 13.6. The third-order valence-corrected chi connectivity index (χ3v) is 3.88. The van der Waals surface area contributed by atoms with Crippen LogP contribution in [0, 0.1) is 25.2 Å². The maximum absolute atomic E-state index is 12.2. The van der Waals surface area contributed by atoms with E-state index in [-0.39, 0.29) is 18.9 Å². The van der Waals surface area contributed by atoms with Gasteiger partial charge in [-0.1, -0.05) is 18.2 Å². The molecule has 0 spiro atoms. The summed E-state index contributed by atoms with van der Waals surface area (Å²) in [6, 6.07) is 6.65. The van der Waals surface area contributed by atoms with E-state index in [9.17, 15) is 9.59 Å². The summed E-state index contributed by atoms with van der Waals surface area (Å²) < 4.78 is 0. The number of hydrogen-bond acceptors (Lipinski definition) is 4. The van der Waals surface area contributed by atoms with Gasteiger partial charge in [0.1, 0.15) is 6.04 Å². The summed E-state index contributed by atoms with van der Waals surface area (Å²) in [4.78, 5) is 24.2. The van der Waals surface area contributed by atoms with E-state index in [0.717, 1.165) is 16.8 Å². The van der Waals surface area contributed by atoms with Crippen LogP contribution < -0.4 is 16.0 Å². The van der Waals surface area contributed by atoms with Gasteiger partial charge in [0.05, 0.1) is 12.5 Å². The minimum atomic E-state index is -0.645. The van der Waals surface area contributed by atoms with E-state index in [2.05, 4.69) is 16.0 Å². The molecule has 0 bridgehead atoms. The van der Waals surface area contributed by atoms with Gasteiger partial charge in [-0.05, 0) is 31.2 Å². The Balaban J connectivity index is 2.67. The van der Waals surface area contributed by atoms with Crippen LogP contribution in [0.25, 0.3) is 0 Å². The molecule has 3 N–H and O–H groups in total. The largest absolute Gasteiger partial charge is 0.353 e. The molecule has 1 aromatic rings. The summed E-state index contributed by atoms with van der Waals surface area (Å²) in [6.07, 6.45) is 2.10. The maximum atomic E-state index is 12.2. The Labute approximate surface area is 141 Å². The Morgan fingerprint density at radius 3 is 2.52 bits per heavy atom. The van der Waals surface area contributed by atoms with Crippen molar-refractivity contribution in [1.82, 2.24) is 10.6 Å². The minimum Gasteiger partial charge on any atom is -0.353 e. The van der Waals surface area contributed by atoms with Crippen molar-refractivity contribution in [3.05, 3.63) is 29.3 Å². The predicted molar refractivity (Wildman–Crippen MR) is 93.5 cm³/mol. The lowest BCUT2D eigenvalue weighted by molar-refractivity contribution is -0.122. The first-order chi connectivity index (χ1) is 11.0. The molecular formula is C16H22N4O2S. The van der Waals surface area contributed by atoms with Crippen molar-refractivity contribution < 1.29 is 9.59 Å². The molecule has 1 unspecified atom stereocenters. The number of para-hydroxylation sites is 1. The quantitative estimate of drug-likeness (QED) is 0.666. The number of thioether (sulfide) groups is 1. The SMILES string of the molecule is CSCC(NC(=O)Nc1c(C)cccc1C)C(=O)NCCC#N. The number of aryl methyl sites for hydroxylation is 2. The summed E-state index contributed by atoms with van der Waals surface area (Å²) in [5, 5.41) is 16.6. The van der Waals surface area contributed by atoms with Crippen LogP contribution in [0.2, 0.25) is 0 Å². The van der Waals surface area contributed by atoms with Gasteiger partial charge in [0.2, 0.25) is 5.91 Å². The second-order valence-corrected chi connectivity index (χ2v) is 5.98. The number of anilines is 1. The fourth-order valence-corrected chi connectivity index (χ4v) is 2.60. The zero-order chi connectivity index (χ0) is 17.2. The van der Waals surface area contributed by atoms with E-state index >= 15 is 0 Å². The van der Waals surface area contributed by atoms with Crippen molar-refractivity contribution in [2.24, 2.45) is 0 Å². The van der Waals surface area contributed by atoms with Crippen LogP contribution in [-0.2, 0) is 4.79 Å². The monoisotopic (exact) mass is 334 g/mol. The number of rotatable bonds is 7. The lowest BCUT2D eigenvalue weighted by atomic mass is 10.1. The average Bonchev–Trinajstić information content (AvgIpc) is 2.51. The highest BCUT2D eigenvalue weighted by Gasteiger charge is 2.20. The van der Waals surface area contributed by atoms with Gasteiger partial charge in [0.15, 0.2) is 0 Å². The number of carbonyl (C=O) groups excluding carboxylic acids is 2. The van der Waals surface area contributed by atoms with Crippen LogP contribution in [0.3, 0.4) is 0 Å². The molecule has 0 aliphatic carbocycles. The summed E-state index contributed by atoms with van der Waals surface area (Å²) in [5.74, 6) is 0.171. The lowest BCUT2D eigenvalue weighted by Gasteiger charge is -2.19. The van der Waals surface area contributed by atoms with Crippen molar-refractivity contribution in [2.75, 3.05) is 23.9 Å². The molecule has 124 valence electrons. The van der Waals surface area contributed by atoms with Gasteiger partial charge < -0.3 is 16.0 Å². The predicted octanol–water partition coefficient (Wildman–Crippen LogP) is 2.19. The molecule has 1 rings (SSSR count). The Kier molecular flexibility index (Phi) is 7.98. The molecule has 7 heteroatoms. The van der Waals surface area contributed by atoms with E-state index in [0.29, 0.717) is 5.75 Å². The van der Waals surface area contributed by atoms with Crippen LogP contribution >= 0.6 is 11.8 Å². The van der Waals surface area contributed by atoms with E-state index in [1.807, 2.05) is 44.4 Å². The number of nitrogens with zero attached hydrogens (tertiary/aromatic N) is 1. The molecule has 6 nitrogen and oxygen atoms in total. The highest BCUT2D eigenvalue weighted by molar-refractivity contribution is 7.98. The number of urea groups is 1. The van der Waals surface area contributed by atoms with Gasteiger partial charge in [-0.25, -0.2) is 4.79 Å². The fourth-order valence-electron chi connectivity index (χ4n) is 2.03. The van der Waals surface area contributed by atoms with Gasteiger partial charge in [-0.3, -0.25) is 4.79 Å². The zero-order valence-corrected chi connectivity index (χ0v) is 14.4. The summed E-state index contributed by atoms with van der Waals surface area (Å²) in [7, 11) is 0. The minimum absolute atomic E-state index is 0.242. The highest BCUT2D eigenvalue weighted by atomic mass is 32.2. The molecule has 0 saturated carbocycles. The molecular weight excluding hydrogens is 312 g/mol. The van der Waals surface area contributed by atoms with E-state index < -0.39 is 12.1 Å². The van der Waals surface area contributed by atoms with Crippen LogP contribution in [-0.4, -0.2) is 36.5 Å². The van der Waals surface area contributed by atoms with Crippen LogP contribution in [0.1, 0.15) is 17.5 Å². The molecule has 1 atom stereocenters. The van der Waals surface area contributed by atoms with Crippen LogP contribution in [0.15, 0.2) is 18.2 Å². The Bertz CT molecular complexity index is 578. The van der Waals surface area contributed by atoms with E-state index in [4.69, 9.17) is 5.26 Å². The van der Waals surface area contributed by atoms with Gasteiger partial charge in [-0.2, -0.15) is 17.0 Å². The molecule has 23 heavy (non-hydrogen) atoms. The average molecular weight is 334 g/mol. The van der Waals surface area contributed by atoms with Crippen molar-refractivity contribution in [3.8, 4) is 6.07 Å². The topological polar surface area (TPSA) is 94.0 Å². The summed E-state index contributed by atoms with van der Waals surface area (Å²) in [5.41, 5.74) is 2.66. The number of nitriles is 1. The van der Waals surface area contributed by atoms with E-state index in [1.165, 1.54) is 11.8 Å². The van der Waals surface area contributed by atoms with Crippen LogP contribution in [0.5, 0.6) is 0 Å². The molecule has 1 aromatic carbocycles. The third kappa shape index (κ3) is 6.20. The third-order valence-electron chi connectivity index (χ3n) is 3.21. The number of carbonyl (C=O) groups is 2. The highest BCUT2D eigenvalue weighted by Crippen LogP contribution is 2.19. The molecule has 0 aromatic heterocycles. The van der Waals surface area contributed by atoms with Crippen molar-refractivity contribution in [1.29, 1.82) is 5.26 Å². The molecule has 0 aliphatic heterocycles. The van der Waals surface area contributed by atoms with Gasteiger partial charge >= 0.3 is 6.03 Å². The molecule has 0 radical (unpaired) electrons. The number of nitrogens with one attached hydrogen (secondary N) is 3. The van der Waals surface area contributed by atoms with Crippen molar-refractivity contribution >= 4 is 29.4 Å². The first-order valence-electron chi connectivity index (χ1n) is 7.27. The smallest absolute Gasteiger partial charge is 0.319 e. The Morgan fingerprint density at radius 2 is 1.96 bits per heavy atom. The van der Waals surface area contributed by atoms with Crippen molar-refractivity contribution in [3.63, 3.8) is 0 Å². The number of amides is 3. The second-order valence-electron chi connectivity index (χ2n) is 5.07. The standard InChI is InChI=1S/C16H22N4O2S/c1-11-6-4-7-12(2)14(11)20-16(22)19-13(10-23-3)15(21)18-9-5-8-17/h4,6-7,13H,5,9-10H2,1-3H3,(H,18,21)(H2,19,20,22).